The standard InChI is InChI=1S/C14H19ClN2O3S.ClH/c1-20-12-4-5-13(15)14(8-12)21(18,19)17-7-6-10-2-3-11(9-17)16-10;/h4-5,8,10-11,16H,2-3,6-7,9H2,1H3;1H. The summed E-state index contributed by atoms with van der Waals surface area (Å²) < 4.78 is 32.4. The summed E-state index contributed by atoms with van der Waals surface area (Å²) in [6.45, 7) is 1.04. The van der Waals surface area contributed by atoms with E-state index in [1.807, 2.05) is 0 Å². The third kappa shape index (κ3) is 3.36. The Morgan fingerprint density at radius 1 is 1.27 bits per heavy atom. The number of fused-ring (bicyclic) bond motifs is 2. The number of ether oxygens (including phenoxy) is 1. The van der Waals surface area contributed by atoms with Crippen molar-refractivity contribution in [2.45, 2.75) is 36.2 Å². The van der Waals surface area contributed by atoms with Crippen molar-refractivity contribution >= 4 is 34.0 Å². The first-order valence-electron chi connectivity index (χ1n) is 7.10. The Morgan fingerprint density at radius 3 is 2.73 bits per heavy atom. The highest BCUT2D eigenvalue weighted by molar-refractivity contribution is 7.89. The van der Waals surface area contributed by atoms with Crippen LogP contribution in [0.4, 0.5) is 0 Å². The molecule has 0 aliphatic carbocycles. The molecule has 2 saturated heterocycles. The van der Waals surface area contributed by atoms with Gasteiger partial charge in [0.25, 0.3) is 0 Å². The summed E-state index contributed by atoms with van der Waals surface area (Å²) in [6.07, 6.45) is 3.01. The lowest BCUT2D eigenvalue weighted by Crippen LogP contribution is -2.39. The largest absolute Gasteiger partial charge is 0.497 e. The van der Waals surface area contributed by atoms with E-state index < -0.39 is 10.0 Å². The molecule has 2 aliphatic heterocycles. The van der Waals surface area contributed by atoms with Gasteiger partial charge in [-0.3, -0.25) is 0 Å². The van der Waals surface area contributed by atoms with Gasteiger partial charge in [-0.25, -0.2) is 8.42 Å². The Hall–Kier alpha value is -0.530. The maximum atomic E-state index is 12.9. The predicted octanol–water partition coefficient (Wildman–Crippen LogP) is 2.29. The van der Waals surface area contributed by atoms with E-state index in [0.717, 1.165) is 19.3 Å². The average Bonchev–Trinajstić information content (AvgIpc) is 2.78. The van der Waals surface area contributed by atoms with E-state index in [2.05, 4.69) is 5.32 Å². The molecule has 0 amide bonds. The van der Waals surface area contributed by atoms with Crippen LogP contribution in [-0.2, 0) is 10.0 Å². The predicted molar refractivity (Wildman–Crippen MR) is 88.6 cm³/mol. The summed E-state index contributed by atoms with van der Waals surface area (Å²) in [6, 6.07) is 5.41. The van der Waals surface area contributed by atoms with Gasteiger partial charge in [0.2, 0.25) is 10.0 Å². The van der Waals surface area contributed by atoms with Gasteiger partial charge in [-0.1, -0.05) is 11.6 Å². The van der Waals surface area contributed by atoms with Crippen molar-refractivity contribution in [2.24, 2.45) is 0 Å². The minimum Gasteiger partial charge on any atom is -0.497 e. The summed E-state index contributed by atoms with van der Waals surface area (Å²) in [5, 5.41) is 3.71. The maximum Gasteiger partial charge on any atom is 0.244 e. The zero-order valence-electron chi connectivity index (χ0n) is 12.3. The van der Waals surface area contributed by atoms with E-state index in [1.54, 1.807) is 16.4 Å². The Kier molecular flexibility index (Phi) is 5.61. The molecule has 5 nitrogen and oxygen atoms in total. The van der Waals surface area contributed by atoms with Gasteiger partial charge in [-0.05, 0) is 31.4 Å². The van der Waals surface area contributed by atoms with Crippen molar-refractivity contribution in [2.75, 3.05) is 20.2 Å². The van der Waals surface area contributed by atoms with E-state index in [1.165, 1.54) is 13.2 Å². The first-order valence-corrected chi connectivity index (χ1v) is 8.92. The number of hydrogen-bond acceptors (Lipinski definition) is 4. The molecule has 1 aromatic rings. The molecule has 2 fully saturated rings. The van der Waals surface area contributed by atoms with E-state index in [9.17, 15) is 8.42 Å². The van der Waals surface area contributed by atoms with Crippen LogP contribution in [0.25, 0.3) is 0 Å². The molecular formula is C14H20Cl2N2O3S. The van der Waals surface area contributed by atoms with Crippen molar-refractivity contribution in [3.63, 3.8) is 0 Å². The van der Waals surface area contributed by atoms with E-state index in [4.69, 9.17) is 16.3 Å². The quantitative estimate of drug-likeness (QED) is 0.891. The van der Waals surface area contributed by atoms with Crippen LogP contribution in [0.2, 0.25) is 5.02 Å². The number of halogens is 2. The van der Waals surface area contributed by atoms with Crippen LogP contribution in [-0.4, -0.2) is 45.0 Å². The molecule has 0 saturated carbocycles. The maximum absolute atomic E-state index is 12.9. The van der Waals surface area contributed by atoms with E-state index >= 15 is 0 Å². The molecule has 1 aromatic carbocycles. The summed E-state index contributed by atoms with van der Waals surface area (Å²) in [5.74, 6) is 0.493. The molecule has 0 spiro atoms. The lowest BCUT2D eigenvalue weighted by Gasteiger charge is -2.24. The molecule has 2 bridgehead atoms. The van der Waals surface area contributed by atoms with Gasteiger partial charge >= 0.3 is 0 Å². The van der Waals surface area contributed by atoms with Gasteiger partial charge in [0.1, 0.15) is 10.6 Å². The third-order valence-electron chi connectivity index (χ3n) is 4.24. The minimum atomic E-state index is -3.59. The SMILES string of the molecule is COc1ccc(Cl)c(S(=O)(=O)N2CCC3CCC(C2)N3)c1.Cl. The number of rotatable bonds is 3. The lowest BCUT2D eigenvalue weighted by molar-refractivity contribution is 0.382. The second kappa shape index (κ2) is 6.93. The second-order valence-corrected chi connectivity index (χ2v) is 7.90. The molecule has 2 unspecified atom stereocenters. The number of nitrogens with one attached hydrogen (secondary N) is 1. The van der Waals surface area contributed by atoms with Crippen LogP contribution in [0.5, 0.6) is 5.75 Å². The van der Waals surface area contributed by atoms with Crippen molar-refractivity contribution in [3.05, 3.63) is 23.2 Å². The average molecular weight is 367 g/mol. The Bertz CT molecular complexity index is 639. The van der Waals surface area contributed by atoms with Gasteiger partial charge in [0.05, 0.1) is 12.1 Å². The van der Waals surface area contributed by atoms with Crippen molar-refractivity contribution in [1.82, 2.24) is 9.62 Å². The highest BCUT2D eigenvalue weighted by Gasteiger charge is 2.35. The molecule has 0 aromatic heterocycles. The Morgan fingerprint density at radius 2 is 2.00 bits per heavy atom. The van der Waals surface area contributed by atoms with E-state index in [-0.39, 0.29) is 28.4 Å². The molecule has 8 heteroatoms. The van der Waals surface area contributed by atoms with Crippen LogP contribution in [0.15, 0.2) is 23.1 Å². The minimum absolute atomic E-state index is 0. The molecule has 3 rings (SSSR count). The molecule has 1 N–H and O–H groups in total. The Balaban J connectivity index is 0.00000176. The fourth-order valence-corrected chi connectivity index (χ4v) is 5.07. The summed E-state index contributed by atoms with van der Waals surface area (Å²) in [4.78, 5) is 0.126. The van der Waals surface area contributed by atoms with Gasteiger partial charge in [-0.2, -0.15) is 4.31 Å². The first kappa shape index (κ1) is 17.8. The van der Waals surface area contributed by atoms with Crippen LogP contribution in [0.3, 0.4) is 0 Å². The molecule has 22 heavy (non-hydrogen) atoms. The van der Waals surface area contributed by atoms with Gasteiger partial charge in [-0.15, -0.1) is 12.4 Å². The van der Waals surface area contributed by atoms with E-state index in [0.29, 0.717) is 24.9 Å². The zero-order valence-corrected chi connectivity index (χ0v) is 14.7. The van der Waals surface area contributed by atoms with Crippen molar-refractivity contribution in [3.8, 4) is 5.75 Å². The fraction of sp³-hybridized carbons (Fsp3) is 0.571. The Labute approximate surface area is 142 Å². The fourth-order valence-electron chi connectivity index (χ4n) is 3.08. The summed E-state index contributed by atoms with van der Waals surface area (Å²) >= 11 is 6.10. The number of methoxy groups -OCH3 is 1. The second-order valence-electron chi connectivity index (χ2n) is 5.59. The lowest BCUT2D eigenvalue weighted by atomic mass is 10.1. The summed E-state index contributed by atoms with van der Waals surface area (Å²) in [7, 11) is -2.08. The highest BCUT2D eigenvalue weighted by atomic mass is 35.5. The normalized spacial score (nSPS) is 25.4. The van der Waals surface area contributed by atoms with Crippen LogP contribution in [0, 0.1) is 0 Å². The number of sulfonamides is 1. The smallest absolute Gasteiger partial charge is 0.244 e. The van der Waals surface area contributed by atoms with Crippen LogP contribution in [0.1, 0.15) is 19.3 Å². The molecule has 2 heterocycles. The zero-order chi connectivity index (χ0) is 15.0. The van der Waals surface area contributed by atoms with Crippen LogP contribution >= 0.6 is 24.0 Å². The number of nitrogens with zero attached hydrogens (tertiary/aromatic N) is 1. The number of hydrogen-bond donors (Lipinski definition) is 1. The van der Waals surface area contributed by atoms with Gasteiger partial charge in [0, 0.05) is 31.2 Å². The number of benzene rings is 1. The van der Waals surface area contributed by atoms with Gasteiger partial charge < -0.3 is 10.1 Å². The molecule has 124 valence electrons. The third-order valence-corrected chi connectivity index (χ3v) is 6.59. The molecular weight excluding hydrogens is 347 g/mol. The molecule has 2 atom stereocenters. The first-order chi connectivity index (χ1) is 10.0. The molecule has 2 aliphatic rings. The topological polar surface area (TPSA) is 58.6 Å². The highest BCUT2D eigenvalue weighted by Crippen LogP contribution is 2.31. The van der Waals surface area contributed by atoms with Crippen LogP contribution < -0.4 is 10.1 Å². The molecule has 0 radical (unpaired) electrons. The monoisotopic (exact) mass is 366 g/mol. The van der Waals surface area contributed by atoms with Crippen molar-refractivity contribution in [1.29, 1.82) is 0 Å². The summed E-state index contributed by atoms with van der Waals surface area (Å²) in [5.41, 5.74) is 0. The van der Waals surface area contributed by atoms with Gasteiger partial charge in [0.15, 0.2) is 0 Å². The van der Waals surface area contributed by atoms with Crippen molar-refractivity contribution < 1.29 is 13.2 Å².